The second-order valence-electron chi connectivity index (χ2n) is 2.74. The summed E-state index contributed by atoms with van der Waals surface area (Å²) in [6.07, 6.45) is 0. The number of ketones is 1. The Kier molecular flexibility index (Phi) is 2.37. The molecule has 1 aromatic carbocycles. The Morgan fingerprint density at radius 1 is 1.57 bits per heavy atom. The van der Waals surface area contributed by atoms with E-state index in [1.165, 1.54) is 6.92 Å². The molecule has 74 valence electrons. The van der Waals surface area contributed by atoms with Gasteiger partial charge >= 0.3 is 0 Å². The number of nitro benzene ring substituents is 1. The van der Waals surface area contributed by atoms with Crippen LogP contribution >= 0.6 is 0 Å². The number of hydrogen-bond donors (Lipinski definition) is 2. The molecule has 3 N–H and O–H groups in total. The molecule has 0 spiro atoms. The second-order valence-corrected chi connectivity index (χ2v) is 2.74. The Bertz CT molecular complexity index is 414. The number of nitrogen functional groups attached to an aromatic ring is 1. The van der Waals surface area contributed by atoms with Crippen LogP contribution in [0.15, 0.2) is 12.1 Å². The van der Waals surface area contributed by atoms with Crippen molar-refractivity contribution in [3.05, 3.63) is 27.8 Å². The van der Waals surface area contributed by atoms with Gasteiger partial charge in [-0.2, -0.15) is 0 Å². The summed E-state index contributed by atoms with van der Waals surface area (Å²) in [5.41, 5.74) is 4.51. The SMILES string of the molecule is CC(=O)c1cc(O)c(N)c([N+](=O)[O-])c1. The van der Waals surface area contributed by atoms with Crippen molar-refractivity contribution >= 4 is 17.2 Å². The molecule has 0 heterocycles. The molecule has 0 bridgehead atoms. The minimum Gasteiger partial charge on any atom is -0.505 e. The second kappa shape index (κ2) is 3.33. The fourth-order valence-electron chi connectivity index (χ4n) is 0.977. The first-order valence-corrected chi connectivity index (χ1v) is 3.71. The van der Waals surface area contributed by atoms with Crippen molar-refractivity contribution in [2.24, 2.45) is 0 Å². The Labute approximate surface area is 79.1 Å². The van der Waals surface area contributed by atoms with E-state index in [4.69, 9.17) is 5.73 Å². The summed E-state index contributed by atoms with van der Waals surface area (Å²) in [7, 11) is 0. The van der Waals surface area contributed by atoms with Crippen LogP contribution in [0.2, 0.25) is 0 Å². The number of nitro groups is 1. The molecule has 1 rings (SSSR count). The average molecular weight is 196 g/mol. The van der Waals surface area contributed by atoms with Gasteiger partial charge in [0.05, 0.1) is 4.92 Å². The smallest absolute Gasteiger partial charge is 0.296 e. The van der Waals surface area contributed by atoms with E-state index in [9.17, 15) is 20.0 Å². The van der Waals surface area contributed by atoms with Crippen LogP contribution in [-0.4, -0.2) is 15.8 Å². The first-order chi connectivity index (χ1) is 6.43. The Hall–Kier alpha value is -2.11. The fraction of sp³-hybridized carbons (Fsp3) is 0.125. The maximum atomic E-state index is 10.9. The van der Waals surface area contributed by atoms with Crippen molar-refractivity contribution in [3.63, 3.8) is 0 Å². The van der Waals surface area contributed by atoms with Crippen molar-refractivity contribution in [2.75, 3.05) is 5.73 Å². The van der Waals surface area contributed by atoms with Gasteiger partial charge in [-0.1, -0.05) is 0 Å². The minimum atomic E-state index is -0.749. The number of phenols is 1. The minimum absolute atomic E-state index is 0.0587. The van der Waals surface area contributed by atoms with E-state index in [0.717, 1.165) is 12.1 Å². The maximum Gasteiger partial charge on any atom is 0.296 e. The molecule has 0 aliphatic heterocycles. The largest absolute Gasteiger partial charge is 0.505 e. The van der Waals surface area contributed by atoms with Crippen LogP contribution in [0.4, 0.5) is 11.4 Å². The van der Waals surface area contributed by atoms with E-state index in [2.05, 4.69) is 0 Å². The van der Waals surface area contributed by atoms with Crippen LogP contribution in [0.5, 0.6) is 5.75 Å². The van der Waals surface area contributed by atoms with Gasteiger partial charge in [0.1, 0.15) is 5.75 Å². The summed E-state index contributed by atoms with van der Waals surface area (Å²) in [4.78, 5) is 20.6. The van der Waals surface area contributed by atoms with Crippen molar-refractivity contribution in [1.29, 1.82) is 0 Å². The number of Topliss-reactive ketones (excluding diaryl/α,β-unsaturated/α-hetero) is 1. The molecular formula is C8H8N2O4. The van der Waals surface area contributed by atoms with Crippen molar-refractivity contribution < 1.29 is 14.8 Å². The van der Waals surface area contributed by atoms with Crippen LogP contribution < -0.4 is 5.73 Å². The van der Waals surface area contributed by atoms with Crippen LogP contribution in [0.1, 0.15) is 17.3 Å². The summed E-state index contributed by atoms with van der Waals surface area (Å²) in [5, 5.41) is 19.6. The van der Waals surface area contributed by atoms with Crippen molar-refractivity contribution in [3.8, 4) is 5.75 Å². The molecule has 1 aromatic rings. The zero-order valence-corrected chi connectivity index (χ0v) is 7.35. The lowest BCUT2D eigenvalue weighted by atomic mass is 10.1. The number of carbonyl (C=O) groups excluding carboxylic acids is 1. The quantitative estimate of drug-likeness (QED) is 0.242. The van der Waals surface area contributed by atoms with E-state index >= 15 is 0 Å². The summed E-state index contributed by atoms with van der Waals surface area (Å²) in [6, 6.07) is 2.14. The molecule has 0 amide bonds. The van der Waals surface area contributed by atoms with Crippen LogP contribution in [0.3, 0.4) is 0 Å². The zero-order valence-electron chi connectivity index (χ0n) is 7.35. The normalized spacial score (nSPS) is 9.79. The highest BCUT2D eigenvalue weighted by atomic mass is 16.6. The molecule has 14 heavy (non-hydrogen) atoms. The zero-order chi connectivity index (χ0) is 10.9. The first-order valence-electron chi connectivity index (χ1n) is 3.71. The van der Waals surface area contributed by atoms with Crippen molar-refractivity contribution in [2.45, 2.75) is 6.92 Å². The Morgan fingerprint density at radius 2 is 2.14 bits per heavy atom. The number of phenolic OH excluding ortho intramolecular Hbond substituents is 1. The van der Waals surface area contributed by atoms with Crippen molar-refractivity contribution in [1.82, 2.24) is 0 Å². The summed E-state index contributed by atoms with van der Waals surface area (Å²) >= 11 is 0. The Balaban J connectivity index is 3.43. The highest BCUT2D eigenvalue weighted by Gasteiger charge is 2.18. The molecule has 6 nitrogen and oxygen atoms in total. The molecule has 0 aromatic heterocycles. The maximum absolute atomic E-state index is 10.9. The van der Waals surface area contributed by atoms with Gasteiger partial charge < -0.3 is 10.8 Å². The molecule has 0 saturated heterocycles. The van der Waals surface area contributed by atoms with Gasteiger partial charge in [0.15, 0.2) is 11.5 Å². The lowest BCUT2D eigenvalue weighted by Gasteiger charge is -2.02. The van der Waals surface area contributed by atoms with Gasteiger partial charge in [0, 0.05) is 11.6 Å². The number of rotatable bonds is 2. The van der Waals surface area contributed by atoms with Gasteiger partial charge in [0.2, 0.25) is 0 Å². The topological polar surface area (TPSA) is 106 Å². The third kappa shape index (κ3) is 1.63. The molecule has 0 unspecified atom stereocenters. The number of carbonyl (C=O) groups is 1. The van der Waals surface area contributed by atoms with Crippen LogP contribution in [0.25, 0.3) is 0 Å². The van der Waals surface area contributed by atoms with E-state index in [-0.39, 0.29) is 17.0 Å². The number of anilines is 1. The number of hydrogen-bond acceptors (Lipinski definition) is 5. The third-order valence-electron chi connectivity index (χ3n) is 1.74. The molecule has 0 radical (unpaired) electrons. The first kappa shape index (κ1) is 9.97. The van der Waals surface area contributed by atoms with Gasteiger partial charge in [0.25, 0.3) is 5.69 Å². The van der Waals surface area contributed by atoms with Gasteiger partial charge in [-0.15, -0.1) is 0 Å². The van der Waals surface area contributed by atoms with E-state index in [1.807, 2.05) is 0 Å². The summed E-state index contributed by atoms with van der Waals surface area (Å²) in [6.45, 7) is 1.24. The molecule has 0 aliphatic rings. The monoisotopic (exact) mass is 196 g/mol. The average Bonchev–Trinajstić information content (AvgIpc) is 2.08. The van der Waals surface area contributed by atoms with E-state index in [0.29, 0.717) is 0 Å². The predicted octanol–water partition coefficient (Wildman–Crippen LogP) is 1.09. The highest BCUT2D eigenvalue weighted by Crippen LogP contribution is 2.31. The number of nitrogens with zero attached hydrogens (tertiary/aromatic N) is 1. The standard InChI is InChI=1S/C8H8N2O4/c1-4(11)5-2-6(10(13)14)8(9)7(12)3-5/h2-3,12H,9H2,1H3. The molecule has 0 saturated carbocycles. The third-order valence-corrected chi connectivity index (χ3v) is 1.74. The number of aromatic hydroxyl groups is 1. The van der Waals surface area contributed by atoms with Gasteiger partial charge in [-0.25, -0.2) is 0 Å². The predicted molar refractivity (Wildman–Crippen MR) is 49.2 cm³/mol. The van der Waals surface area contributed by atoms with Gasteiger partial charge in [-0.05, 0) is 13.0 Å². The number of benzene rings is 1. The number of nitrogens with two attached hydrogens (primary N) is 1. The molecular weight excluding hydrogens is 188 g/mol. The van der Waals surface area contributed by atoms with Crippen LogP contribution in [0, 0.1) is 10.1 Å². The molecule has 0 aliphatic carbocycles. The fourth-order valence-corrected chi connectivity index (χ4v) is 0.977. The molecule has 6 heteroatoms. The van der Waals surface area contributed by atoms with E-state index in [1.54, 1.807) is 0 Å². The van der Waals surface area contributed by atoms with Gasteiger partial charge in [-0.3, -0.25) is 14.9 Å². The molecule has 0 fully saturated rings. The Morgan fingerprint density at radius 3 is 2.57 bits per heavy atom. The summed E-state index contributed by atoms with van der Waals surface area (Å²) in [5.74, 6) is -0.826. The highest BCUT2D eigenvalue weighted by molar-refractivity contribution is 5.96. The lowest BCUT2D eigenvalue weighted by molar-refractivity contribution is -0.384. The summed E-state index contributed by atoms with van der Waals surface area (Å²) < 4.78 is 0. The molecule has 0 atom stereocenters. The lowest BCUT2D eigenvalue weighted by Crippen LogP contribution is -2.00. The van der Waals surface area contributed by atoms with Crippen LogP contribution in [-0.2, 0) is 0 Å². The van der Waals surface area contributed by atoms with E-state index < -0.39 is 16.4 Å².